The topological polar surface area (TPSA) is 68.5 Å². The summed E-state index contributed by atoms with van der Waals surface area (Å²) in [5, 5.41) is 0. The SMILES string of the molecule is CC(C)CC1CN(c2cc(C(N)=O)ccn2)CCO1. The molecule has 0 bridgehead atoms. The Morgan fingerprint density at radius 1 is 1.63 bits per heavy atom. The third-order valence-electron chi connectivity index (χ3n) is 3.23. The molecule has 0 radical (unpaired) electrons. The maximum atomic E-state index is 11.2. The monoisotopic (exact) mass is 263 g/mol. The lowest BCUT2D eigenvalue weighted by Gasteiger charge is -2.34. The van der Waals surface area contributed by atoms with Crippen LogP contribution in [0.15, 0.2) is 18.3 Å². The van der Waals surface area contributed by atoms with Gasteiger partial charge in [-0.1, -0.05) is 13.8 Å². The van der Waals surface area contributed by atoms with E-state index in [9.17, 15) is 4.79 Å². The van der Waals surface area contributed by atoms with Gasteiger partial charge in [0.05, 0.1) is 12.7 Å². The Morgan fingerprint density at radius 3 is 3.11 bits per heavy atom. The molecule has 2 N–H and O–H groups in total. The fraction of sp³-hybridized carbons (Fsp3) is 0.571. The fourth-order valence-electron chi connectivity index (χ4n) is 2.34. The van der Waals surface area contributed by atoms with Crippen molar-refractivity contribution < 1.29 is 9.53 Å². The van der Waals surface area contributed by atoms with E-state index in [0.29, 0.717) is 18.1 Å². The Morgan fingerprint density at radius 2 is 2.42 bits per heavy atom. The molecule has 5 heteroatoms. The Kier molecular flexibility index (Phi) is 4.37. The number of nitrogens with two attached hydrogens (primary N) is 1. The van der Waals surface area contributed by atoms with Crippen LogP contribution in [0.4, 0.5) is 5.82 Å². The highest BCUT2D eigenvalue weighted by Crippen LogP contribution is 2.19. The molecule has 0 aliphatic carbocycles. The molecule has 1 aliphatic heterocycles. The lowest BCUT2D eigenvalue weighted by Crippen LogP contribution is -2.43. The molecule has 1 fully saturated rings. The van der Waals surface area contributed by atoms with Crippen LogP contribution in [0.5, 0.6) is 0 Å². The van der Waals surface area contributed by atoms with Gasteiger partial charge in [0.1, 0.15) is 5.82 Å². The Balaban J connectivity index is 2.08. The van der Waals surface area contributed by atoms with Gasteiger partial charge in [-0.15, -0.1) is 0 Å². The number of rotatable bonds is 4. The number of ether oxygens (including phenoxy) is 1. The van der Waals surface area contributed by atoms with Crippen molar-refractivity contribution in [3.63, 3.8) is 0 Å². The maximum absolute atomic E-state index is 11.2. The van der Waals surface area contributed by atoms with Gasteiger partial charge in [0.15, 0.2) is 0 Å². The van der Waals surface area contributed by atoms with Crippen LogP contribution in [0.1, 0.15) is 30.6 Å². The summed E-state index contributed by atoms with van der Waals surface area (Å²) in [5.74, 6) is 0.985. The van der Waals surface area contributed by atoms with Crippen molar-refractivity contribution in [1.82, 2.24) is 4.98 Å². The molecule has 0 aromatic carbocycles. The summed E-state index contributed by atoms with van der Waals surface area (Å²) < 4.78 is 5.76. The number of aromatic nitrogens is 1. The first-order valence-corrected chi connectivity index (χ1v) is 6.68. The van der Waals surface area contributed by atoms with E-state index in [4.69, 9.17) is 10.5 Å². The van der Waals surface area contributed by atoms with Crippen LogP contribution in [0.3, 0.4) is 0 Å². The molecule has 1 saturated heterocycles. The fourth-order valence-corrected chi connectivity index (χ4v) is 2.34. The minimum atomic E-state index is -0.421. The minimum Gasteiger partial charge on any atom is -0.375 e. The molecule has 1 unspecified atom stereocenters. The van der Waals surface area contributed by atoms with E-state index in [1.165, 1.54) is 0 Å². The van der Waals surface area contributed by atoms with Crippen LogP contribution in [-0.2, 0) is 4.74 Å². The van der Waals surface area contributed by atoms with E-state index in [2.05, 4.69) is 23.7 Å². The van der Waals surface area contributed by atoms with Gasteiger partial charge in [-0.2, -0.15) is 0 Å². The number of amides is 1. The molecule has 0 spiro atoms. The Hall–Kier alpha value is -1.62. The van der Waals surface area contributed by atoms with Crippen LogP contribution in [0.25, 0.3) is 0 Å². The first-order valence-electron chi connectivity index (χ1n) is 6.68. The highest BCUT2D eigenvalue weighted by Gasteiger charge is 2.22. The number of hydrogen-bond donors (Lipinski definition) is 1. The summed E-state index contributed by atoms with van der Waals surface area (Å²) in [4.78, 5) is 17.7. The third-order valence-corrected chi connectivity index (χ3v) is 3.23. The van der Waals surface area contributed by atoms with E-state index >= 15 is 0 Å². The number of morpholine rings is 1. The second-order valence-corrected chi connectivity index (χ2v) is 5.34. The van der Waals surface area contributed by atoms with Gasteiger partial charge in [-0.05, 0) is 24.5 Å². The Labute approximate surface area is 113 Å². The summed E-state index contributed by atoms with van der Waals surface area (Å²) in [6, 6.07) is 3.39. The zero-order chi connectivity index (χ0) is 13.8. The molecule has 104 valence electrons. The van der Waals surface area contributed by atoms with Crippen molar-refractivity contribution in [2.24, 2.45) is 11.7 Å². The molecular formula is C14H21N3O2. The van der Waals surface area contributed by atoms with Gasteiger partial charge in [0.2, 0.25) is 5.91 Å². The van der Waals surface area contributed by atoms with Crippen molar-refractivity contribution in [2.75, 3.05) is 24.6 Å². The predicted octanol–water partition coefficient (Wildman–Crippen LogP) is 1.43. The van der Waals surface area contributed by atoms with Crippen molar-refractivity contribution in [3.05, 3.63) is 23.9 Å². The van der Waals surface area contributed by atoms with E-state index < -0.39 is 5.91 Å². The van der Waals surface area contributed by atoms with Crippen molar-refractivity contribution in [2.45, 2.75) is 26.4 Å². The second kappa shape index (κ2) is 6.02. The number of carbonyl (C=O) groups is 1. The molecular weight excluding hydrogens is 242 g/mol. The normalized spacial score (nSPS) is 19.7. The maximum Gasteiger partial charge on any atom is 0.248 e. The second-order valence-electron chi connectivity index (χ2n) is 5.34. The molecule has 2 rings (SSSR count). The summed E-state index contributed by atoms with van der Waals surface area (Å²) in [7, 11) is 0. The average Bonchev–Trinajstić information content (AvgIpc) is 2.38. The summed E-state index contributed by atoms with van der Waals surface area (Å²) in [5.41, 5.74) is 5.79. The van der Waals surface area contributed by atoms with Crippen molar-refractivity contribution >= 4 is 11.7 Å². The average molecular weight is 263 g/mol. The van der Waals surface area contributed by atoms with Gasteiger partial charge < -0.3 is 15.4 Å². The molecule has 0 saturated carbocycles. The van der Waals surface area contributed by atoms with Gasteiger partial charge in [-0.3, -0.25) is 4.79 Å². The summed E-state index contributed by atoms with van der Waals surface area (Å²) >= 11 is 0. The molecule has 19 heavy (non-hydrogen) atoms. The Bertz CT molecular complexity index is 448. The standard InChI is InChI=1S/C14H21N3O2/c1-10(2)7-12-9-17(5-6-19-12)13-8-11(14(15)18)3-4-16-13/h3-4,8,10,12H,5-7,9H2,1-2H3,(H2,15,18). The first kappa shape index (κ1) is 13.8. The van der Waals surface area contributed by atoms with Gasteiger partial charge in [0.25, 0.3) is 0 Å². The number of carbonyl (C=O) groups excluding carboxylic acids is 1. The molecule has 1 aromatic heterocycles. The molecule has 1 aliphatic rings. The van der Waals surface area contributed by atoms with E-state index in [-0.39, 0.29) is 6.10 Å². The molecule has 1 aromatic rings. The first-order chi connectivity index (χ1) is 9.06. The highest BCUT2D eigenvalue weighted by molar-refractivity contribution is 5.93. The molecule has 1 amide bonds. The van der Waals surface area contributed by atoms with Crippen LogP contribution in [0, 0.1) is 5.92 Å². The molecule has 1 atom stereocenters. The van der Waals surface area contributed by atoms with Crippen molar-refractivity contribution in [3.8, 4) is 0 Å². The summed E-state index contributed by atoms with van der Waals surface area (Å²) in [6.45, 7) is 6.68. The molecule has 2 heterocycles. The zero-order valence-corrected chi connectivity index (χ0v) is 11.5. The zero-order valence-electron chi connectivity index (χ0n) is 11.5. The van der Waals surface area contributed by atoms with Crippen LogP contribution >= 0.6 is 0 Å². The van der Waals surface area contributed by atoms with E-state index in [1.807, 2.05) is 0 Å². The molecule has 5 nitrogen and oxygen atoms in total. The lowest BCUT2D eigenvalue weighted by molar-refractivity contribution is 0.0273. The number of anilines is 1. The summed E-state index contributed by atoms with van der Waals surface area (Å²) in [6.07, 6.45) is 2.89. The number of hydrogen-bond acceptors (Lipinski definition) is 4. The smallest absolute Gasteiger partial charge is 0.248 e. The number of primary amides is 1. The highest BCUT2D eigenvalue weighted by atomic mass is 16.5. The van der Waals surface area contributed by atoms with Gasteiger partial charge in [0, 0.05) is 24.8 Å². The van der Waals surface area contributed by atoms with Gasteiger partial charge >= 0.3 is 0 Å². The van der Waals surface area contributed by atoms with Crippen molar-refractivity contribution in [1.29, 1.82) is 0 Å². The number of pyridine rings is 1. The largest absolute Gasteiger partial charge is 0.375 e. The third kappa shape index (κ3) is 3.67. The lowest BCUT2D eigenvalue weighted by atomic mass is 10.0. The van der Waals surface area contributed by atoms with E-state index in [0.717, 1.165) is 25.3 Å². The van der Waals surface area contributed by atoms with Crippen LogP contribution in [-0.4, -0.2) is 36.7 Å². The van der Waals surface area contributed by atoms with E-state index in [1.54, 1.807) is 18.3 Å². The predicted molar refractivity (Wildman–Crippen MR) is 74.2 cm³/mol. The number of nitrogens with zero attached hydrogens (tertiary/aromatic N) is 2. The minimum absolute atomic E-state index is 0.229. The van der Waals surface area contributed by atoms with Crippen LogP contribution in [0.2, 0.25) is 0 Å². The van der Waals surface area contributed by atoms with Gasteiger partial charge in [-0.25, -0.2) is 4.98 Å². The van der Waals surface area contributed by atoms with Crippen LogP contribution < -0.4 is 10.6 Å². The quantitative estimate of drug-likeness (QED) is 0.892.